The highest BCUT2D eigenvalue weighted by atomic mass is 32.2. The molecule has 1 aromatic carbocycles. The van der Waals surface area contributed by atoms with E-state index in [-0.39, 0.29) is 5.63 Å². The Morgan fingerprint density at radius 1 is 1.19 bits per heavy atom. The van der Waals surface area contributed by atoms with Gasteiger partial charge in [-0.05, 0) is 53.8 Å². The number of hydrogen-bond donors (Lipinski definition) is 0. The molecular formula is C24H24N4O2S. The molecule has 0 bridgehead atoms. The third-order valence-electron chi connectivity index (χ3n) is 5.16. The Kier molecular flexibility index (Phi) is 6.04. The van der Waals surface area contributed by atoms with Gasteiger partial charge in [0.15, 0.2) is 11.0 Å². The number of fused-ring (bicyclic) bond motifs is 1. The van der Waals surface area contributed by atoms with Crippen LogP contribution in [0, 0.1) is 6.92 Å². The molecule has 0 radical (unpaired) electrons. The van der Waals surface area contributed by atoms with Crippen molar-refractivity contribution in [2.45, 2.75) is 44.1 Å². The average Bonchev–Trinajstić information content (AvgIpc) is 3.14. The molecule has 3 aromatic heterocycles. The van der Waals surface area contributed by atoms with Crippen LogP contribution in [-0.2, 0) is 12.3 Å². The van der Waals surface area contributed by atoms with Crippen molar-refractivity contribution in [1.29, 1.82) is 0 Å². The minimum absolute atomic E-state index is 0.343. The van der Waals surface area contributed by atoms with Gasteiger partial charge in [0.1, 0.15) is 5.58 Å². The van der Waals surface area contributed by atoms with Crippen molar-refractivity contribution in [2.75, 3.05) is 0 Å². The van der Waals surface area contributed by atoms with Crippen molar-refractivity contribution in [3.63, 3.8) is 0 Å². The minimum atomic E-state index is -0.343. The van der Waals surface area contributed by atoms with E-state index in [0.717, 1.165) is 33.1 Å². The Balaban J connectivity index is 1.71. The summed E-state index contributed by atoms with van der Waals surface area (Å²) < 4.78 is 7.50. The Hall–Kier alpha value is -3.19. The molecule has 4 aromatic rings. The number of nitrogens with zero attached hydrogens (tertiary/aromatic N) is 4. The lowest BCUT2D eigenvalue weighted by Gasteiger charge is -2.13. The second-order valence-electron chi connectivity index (χ2n) is 7.68. The summed E-state index contributed by atoms with van der Waals surface area (Å²) in [6.07, 6.45) is 5.29. The van der Waals surface area contributed by atoms with E-state index in [1.165, 1.54) is 5.56 Å². The summed E-state index contributed by atoms with van der Waals surface area (Å²) in [6, 6.07) is 9.49. The van der Waals surface area contributed by atoms with Crippen LogP contribution in [0.25, 0.3) is 22.4 Å². The van der Waals surface area contributed by atoms with Crippen LogP contribution in [0.5, 0.6) is 0 Å². The fraction of sp³-hybridized carbons (Fsp3) is 0.250. The number of pyridine rings is 1. The number of hydrogen-bond acceptors (Lipinski definition) is 6. The van der Waals surface area contributed by atoms with E-state index < -0.39 is 0 Å². The lowest BCUT2D eigenvalue weighted by atomic mass is 9.95. The molecule has 0 atom stereocenters. The molecule has 31 heavy (non-hydrogen) atoms. The third kappa shape index (κ3) is 4.32. The van der Waals surface area contributed by atoms with E-state index >= 15 is 0 Å². The molecule has 158 valence electrons. The van der Waals surface area contributed by atoms with Gasteiger partial charge in [-0.2, -0.15) is 0 Å². The summed E-state index contributed by atoms with van der Waals surface area (Å²) in [5.74, 6) is 1.73. The maximum absolute atomic E-state index is 12.2. The normalized spacial score (nSPS) is 11.4. The molecule has 0 spiro atoms. The van der Waals surface area contributed by atoms with Gasteiger partial charge in [-0.3, -0.25) is 9.55 Å². The highest BCUT2D eigenvalue weighted by Crippen LogP contribution is 2.31. The first-order valence-electron chi connectivity index (χ1n) is 10.1. The molecule has 0 fully saturated rings. The first-order valence-corrected chi connectivity index (χ1v) is 11.1. The topological polar surface area (TPSA) is 73.8 Å². The van der Waals surface area contributed by atoms with Crippen LogP contribution in [0.3, 0.4) is 0 Å². The fourth-order valence-electron chi connectivity index (χ4n) is 3.68. The van der Waals surface area contributed by atoms with Gasteiger partial charge in [0.05, 0.1) is 0 Å². The van der Waals surface area contributed by atoms with E-state index in [1.54, 1.807) is 30.2 Å². The summed E-state index contributed by atoms with van der Waals surface area (Å²) in [6.45, 7) is 10.8. The zero-order valence-corrected chi connectivity index (χ0v) is 18.6. The van der Waals surface area contributed by atoms with Crippen LogP contribution in [0.4, 0.5) is 0 Å². The Labute approximate surface area is 185 Å². The van der Waals surface area contributed by atoms with Crippen LogP contribution >= 0.6 is 11.8 Å². The van der Waals surface area contributed by atoms with Gasteiger partial charge >= 0.3 is 5.63 Å². The number of benzene rings is 1. The van der Waals surface area contributed by atoms with E-state index in [1.807, 2.05) is 28.8 Å². The Bertz CT molecular complexity index is 1290. The van der Waals surface area contributed by atoms with Gasteiger partial charge in [-0.25, -0.2) is 4.79 Å². The zero-order valence-electron chi connectivity index (χ0n) is 17.8. The van der Waals surface area contributed by atoms with Gasteiger partial charge < -0.3 is 4.42 Å². The van der Waals surface area contributed by atoms with Crippen molar-refractivity contribution in [3.8, 4) is 11.4 Å². The van der Waals surface area contributed by atoms with Gasteiger partial charge in [-0.15, -0.1) is 16.8 Å². The molecule has 0 aliphatic carbocycles. The predicted octanol–water partition coefficient (Wildman–Crippen LogP) is 5.36. The third-order valence-corrected chi connectivity index (χ3v) is 6.18. The van der Waals surface area contributed by atoms with E-state index in [0.29, 0.717) is 23.8 Å². The molecule has 6 nitrogen and oxygen atoms in total. The molecule has 7 heteroatoms. The van der Waals surface area contributed by atoms with Crippen LogP contribution < -0.4 is 5.63 Å². The monoisotopic (exact) mass is 432 g/mol. The molecule has 0 amide bonds. The van der Waals surface area contributed by atoms with Crippen molar-refractivity contribution in [1.82, 2.24) is 19.7 Å². The number of allylic oxidation sites excluding steroid dienone is 1. The minimum Gasteiger partial charge on any atom is -0.423 e. The molecule has 0 aliphatic heterocycles. The van der Waals surface area contributed by atoms with Gasteiger partial charge in [0, 0.05) is 41.7 Å². The predicted molar refractivity (Wildman–Crippen MR) is 124 cm³/mol. The smallest absolute Gasteiger partial charge is 0.336 e. The van der Waals surface area contributed by atoms with Crippen molar-refractivity contribution in [3.05, 3.63) is 82.5 Å². The number of aryl methyl sites for hydroxylation is 1. The Morgan fingerprint density at radius 2 is 1.97 bits per heavy atom. The highest BCUT2D eigenvalue weighted by Gasteiger charge is 2.16. The second-order valence-corrected chi connectivity index (χ2v) is 8.62. The average molecular weight is 433 g/mol. The van der Waals surface area contributed by atoms with Gasteiger partial charge in [0.2, 0.25) is 0 Å². The maximum Gasteiger partial charge on any atom is 0.336 e. The lowest BCUT2D eigenvalue weighted by Crippen LogP contribution is -2.03. The van der Waals surface area contributed by atoms with Gasteiger partial charge in [0.25, 0.3) is 0 Å². The summed E-state index contributed by atoms with van der Waals surface area (Å²) >= 11 is 1.54. The summed E-state index contributed by atoms with van der Waals surface area (Å²) in [4.78, 5) is 16.2. The van der Waals surface area contributed by atoms with Crippen molar-refractivity contribution in [2.24, 2.45) is 0 Å². The van der Waals surface area contributed by atoms with E-state index in [4.69, 9.17) is 4.42 Å². The summed E-state index contributed by atoms with van der Waals surface area (Å²) in [5.41, 5.74) is 4.53. The molecule has 0 N–H and O–H groups in total. The summed E-state index contributed by atoms with van der Waals surface area (Å²) in [7, 11) is 0. The quantitative estimate of drug-likeness (QED) is 0.222. The van der Waals surface area contributed by atoms with Crippen molar-refractivity contribution >= 4 is 22.7 Å². The zero-order chi connectivity index (χ0) is 22.0. The van der Waals surface area contributed by atoms with Crippen molar-refractivity contribution < 1.29 is 4.42 Å². The largest absolute Gasteiger partial charge is 0.423 e. The molecule has 0 aliphatic rings. The fourth-order valence-corrected chi connectivity index (χ4v) is 4.62. The number of aromatic nitrogens is 4. The number of rotatable bonds is 7. The van der Waals surface area contributed by atoms with Crippen LogP contribution in [-0.4, -0.2) is 19.7 Å². The standard InChI is InChI=1S/C24H24N4O2S/c1-5-10-28-23(17-6-8-25-9-7-17)26-27-24(28)31-14-18-12-22(29)30-21-11-16(4)19(15(2)3)13-20(18)21/h5-9,11-13,15H,1,10,14H2,2-4H3. The molecule has 3 heterocycles. The SMILES string of the molecule is C=CCn1c(SCc2cc(=O)oc3cc(C)c(C(C)C)cc23)nnc1-c1ccncc1. The summed E-state index contributed by atoms with van der Waals surface area (Å²) in [5, 5.41) is 10.5. The number of thioether (sulfide) groups is 1. The highest BCUT2D eigenvalue weighted by molar-refractivity contribution is 7.98. The van der Waals surface area contributed by atoms with Gasteiger partial charge in [-0.1, -0.05) is 31.7 Å². The molecule has 0 saturated heterocycles. The molecule has 0 unspecified atom stereocenters. The first-order chi connectivity index (χ1) is 15.0. The first kappa shape index (κ1) is 21.1. The van der Waals surface area contributed by atoms with Crippen LogP contribution in [0.1, 0.15) is 36.5 Å². The van der Waals surface area contributed by atoms with Crippen LogP contribution in [0.15, 0.2) is 69.7 Å². The van der Waals surface area contributed by atoms with E-state index in [2.05, 4.69) is 48.6 Å². The molecular weight excluding hydrogens is 408 g/mol. The second kappa shape index (κ2) is 8.89. The lowest BCUT2D eigenvalue weighted by molar-refractivity contribution is 0.559. The van der Waals surface area contributed by atoms with Crippen LogP contribution in [0.2, 0.25) is 0 Å². The Morgan fingerprint density at radius 3 is 2.68 bits per heavy atom. The maximum atomic E-state index is 12.2. The molecule has 0 saturated carbocycles. The van der Waals surface area contributed by atoms with E-state index in [9.17, 15) is 4.79 Å². The molecule has 4 rings (SSSR count).